The zero-order valence-corrected chi connectivity index (χ0v) is 7.20. The van der Waals surface area contributed by atoms with Gasteiger partial charge in [0, 0.05) is 6.92 Å². The normalized spacial score (nSPS) is 14.4. The molecule has 0 fully saturated rings. The van der Waals surface area contributed by atoms with Gasteiger partial charge in [0.25, 0.3) is 5.56 Å². The van der Waals surface area contributed by atoms with Gasteiger partial charge >= 0.3 is 0 Å². The molecule has 0 spiro atoms. The Morgan fingerprint density at radius 3 is 3.00 bits per heavy atom. The monoisotopic (exact) mass is 179 g/mol. The Hall–Kier alpha value is -1.65. The fourth-order valence-corrected chi connectivity index (χ4v) is 1.41. The molecule has 0 aliphatic carbocycles. The zero-order chi connectivity index (χ0) is 9.42. The number of rotatable bonds is 0. The Morgan fingerprint density at radius 1 is 1.62 bits per heavy atom. The van der Waals surface area contributed by atoms with E-state index < -0.39 is 0 Å². The first-order valence-electron chi connectivity index (χ1n) is 3.99. The van der Waals surface area contributed by atoms with Crippen LogP contribution in [0.4, 0.5) is 0 Å². The molecule has 1 aromatic heterocycles. The first kappa shape index (κ1) is 7.97. The van der Waals surface area contributed by atoms with Crippen LogP contribution in [0.2, 0.25) is 0 Å². The van der Waals surface area contributed by atoms with Crippen LogP contribution in [0.1, 0.15) is 18.2 Å². The van der Waals surface area contributed by atoms with Crippen molar-refractivity contribution in [1.29, 1.82) is 0 Å². The number of carbonyl (C=O) groups excluding carboxylic acids is 1. The first-order chi connectivity index (χ1) is 6.18. The number of fused-ring (bicyclic) bond motifs is 1. The van der Waals surface area contributed by atoms with Crippen molar-refractivity contribution in [3.63, 3.8) is 0 Å². The number of aromatic amines is 1. The Balaban J connectivity index is 2.41. The van der Waals surface area contributed by atoms with Gasteiger partial charge in [0.2, 0.25) is 5.91 Å². The van der Waals surface area contributed by atoms with E-state index in [1.165, 1.54) is 13.3 Å². The molecule has 1 aliphatic heterocycles. The van der Waals surface area contributed by atoms with Crippen molar-refractivity contribution in [3.05, 3.63) is 27.9 Å². The number of nitrogens with one attached hydrogen (secondary N) is 1. The molecule has 5 heteroatoms. The molecule has 2 rings (SSSR count). The number of H-pyrrole nitrogens is 1. The highest BCUT2D eigenvalue weighted by Gasteiger charge is 2.23. The summed E-state index contributed by atoms with van der Waals surface area (Å²) in [5.74, 6) is -0.0302. The van der Waals surface area contributed by atoms with Crippen LogP contribution in [0.3, 0.4) is 0 Å². The molecular formula is C8H9N3O2. The van der Waals surface area contributed by atoms with Gasteiger partial charge in [-0.15, -0.1) is 0 Å². The number of carbonyl (C=O) groups is 1. The average molecular weight is 179 g/mol. The SMILES string of the molecule is CC(=O)N1Cc2nc[nH]c(=O)c2C1. The Morgan fingerprint density at radius 2 is 2.38 bits per heavy atom. The van der Waals surface area contributed by atoms with Crippen LogP contribution in [0, 0.1) is 0 Å². The van der Waals surface area contributed by atoms with Gasteiger partial charge in [0.1, 0.15) is 0 Å². The van der Waals surface area contributed by atoms with Crippen LogP contribution in [0.15, 0.2) is 11.1 Å². The number of amides is 1. The smallest absolute Gasteiger partial charge is 0.256 e. The minimum Gasteiger partial charge on any atom is -0.332 e. The summed E-state index contributed by atoms with van der Waals surface area (Å²) in [6.45, 7) is 2.32. The fourth-order valence-electron chi connectivity index (χ4n) is 1.41. The third-order valence-electron chi connectivity index (χ3n) is 2.17. The third kappa shape index (κ3) is 1.22. The molecule has 0 atom stereocenters. The molecule has 13 heavy (non-hydrogen) atoms. The molecule has 0 bridgehead atoms. The van der Waals surface area contributed by atoms with Crippen molar-refractivity contribution >= 4 is 5.91 Å². The van der Waals surface area contributed by atoms with Gasteiger partial charge in [0.15, 0.2) is 0 Å². The Labute approximate surface area is 74.4 Å². The molecule has 1 amide bonds. The molecule has 0 unspecified atom stereocenters. The van der Waals surface area contributed by atoms with E-state index in [9.17, 15) is 9.59 Å². The molecule has 1 aromatic rings. The second-order valence-corrected chi connectivity index (χ2v) is 3.03. The number of hydrogen-bond donors (Lipinski definition) is 1. The quantitative estimate of drug-likeness (QED) is 0.591. The van der Waals surface area contributed by atoms with Crippen LogP contribution in [0.5, 0.6) is 0 Å². The second-order valence-electron chi connectivity index (χ2n) is 3.03. The molecule has 68 valence electrons. The highest BCUT2D eigenvalue weighted by Crippen LogP contribution is 2.15. The number of hydrogen-bond acceptors (Lipinski definition) is 3. The van der Waals surface area contributed by atoms with E-state index in [4.69, 9.17) is 0 Å². The highest BCUT2D eigenvalue weighted by molar-refractivity contribution is 5.73. The van der Waals surface area contributed by atoms with E-state index in [-0.39, 0.29) is 11.5 Å². The third-order valence-corrected chi connectivity index (χ3v) is 2.17. The van der Waals surface area contributed by atoms with Gasteiger partial charge in [-0.05, 0) is 0 Å². The lowest BCUT2D eigenvalue weighted by Crippen LogP contribution is -2.22. The van der Waals surface area contributed by atoms with Gasteiger partial charge in [-0.3, -0.25) is 9.59 Å². The van der Waals surface area contributed by atoms with Gasteiger partial charge in [-0.1, -0.05) is 0 Å². The standard InChI is InChI=1S/C8H9N3O2/c1-5(12)11-2-6-7(3-11)9-4-10-8(6)13/h4H,2-3H2,1H3,(H,9,10,13). The Bertz CT molecular complexity index is 410. The van der Waals surface area contributed by atoms with E-state index in [0.717, 1.165) is 0 Å². The molecule has 0 radical (unpaired) electrons. The van der Waals surface area contributed by atoms with Crippen LogP contribution in [0.25, 0.3) is 0 Å². The molecule has 1 N–H and O–H groups in total. The summed E-state index contributed by atoms with van der Waals surface area (Å²) < 4.78 is 0. The minimum absolute atomic E-state index is 0.0302. The topological polar surface area (TPSA) is 66.1 Å². The van der Waals surface area contributed by atoms with Crippen LogP contribution in [-0.2, 0) is 17.9 Å². The van der Waals surface area contributed by atoms with E-state index in [1.807, 2.05) is 0 Å². The Kier molecular flexibility index (Phi) is 1.65. The fraction of sp³-hybridized carbons (Fsp3) is 0.375. The van der Waals surface area contributed by atoms with Crippen LogP contribution in [-0.4, -0.2) is 20.8 Å². The first-order valence-corrected chi connectivity index (χ1v) is 3.99. The van der Waals surface area contributed by atoms with Crippen molar-refractivity contribution in [2.75, 3.05) is 0 Å². The molecule has 0 aromatic carbocycles. The lowest BCUT2D eigenvalue weighted by molar-refractivity contribution is -0.129. The largest absolute Gasteiger partial charge is 0.332 e. The molecule has 0 saturated heterocycles. The summed E-state index contributed by atoms with van der Waals surface area (Å²) in [7, 11) is 0. The van der Waals surface area contributed by atoms with Crippen molar-refractivity contribution in [3.8, 4) is 0 Å². The van der Waals surface area contributed by atoms with E-state index in [0.29, 0.717) is 24.3 Å². The summed E-state index contributed by atoms with van der Waals surface area (Å²) >= 11 is 0. The lowest BCUT2D eigenvalue weighted by atomic mass is 10.3. The maximum absolute atomic E-state index is 11.2. The van der Waals surface area contributed by atoms with Gasteiger partial charge in [-0.25, -0.2) is 4.98 Å². The molecule has 5 nitrogen and oxygen atoms in total. The maximum atomic E-state index is 11.2. The predicted octanol–water partition coefficient (Wildman–Crippen LogP) is -0.368. The van der Waals surface area contributed by atoms with Crippen LogP contribution >= 0.6 is 0 Å². The maximum Gasteiger partial charge on any atom is 0.256 e. The molecule has 0 saturated carbocycles. The summed E-state index contributed by atoms with van der Waals surface area (Å²) in [4.78, 5) is 30.3. The summed E-state index contributed by atoms with van der Waals surface area (Å²) in [6.07, 6.45) is 1.37. The van der Waals surface area contributed by atoms with Crippen molar-refractivity contribution in [2.45, 2.75) is 20.0 Å². The predicted molar refractivity (Wildman–Crippen MR) is 44.8 cm³/mol. The highest BCUT2D eigenvalue weighted by atomic mass is 16.2. The lowest BCUT2D eigenvalue weighted by Gasteiger charge is -2.10. The molecular weight excluding hydrogens is 170 g/mol. The summed E-state index contributed by atoms with van der Waals surface area (Å²) in [5.41, 5.74) is 1.17. The number of nitrogens with zero attached hydrogens (tertiary/aromatic N) is 2. The van der Waals surface area contributed by atoms with Crippen LogP contribution < -0.4 is 5.56 Å². The van der Waals surface area contributed by atoms with Crippen molar-refractivity contribution in [2.24, 2.45) is 0 Å². The average Bonchev–Trinajstić information content (AvgIpc) is 2.49. The second kappa shape index (κ2) is 2.69. The minimum atomic E-state index is -0.145. The van der Waals surface area contributed by atoms with Gasteiger partial charge in [-0.2, -0.15) is 0 Å². The number of aromatic nitrogens is 2. The van der Waals surface area contributed by atoms with E-state index in [1.54, 1.807) is 4.90 Å². The molecule has 1 aliphatic rings. The van der Waals surface area contributed by atoms with Crippen molar-refractivity contribution < 1.29 is 4.79 Å². The van der Waals surface area contributed by atoms with Gasteiger partial charge in [0.05, 0.1) is 30.7 Å². The zero-order valence-electron chi connectivity index (χ0n) is 7.20. The van der Waals surface area contributed by atoms with E-state index >= 15 is 0 Å². The van der Waals surface area contributed by atoms with E-state index in [2.05, 4.69) is 9.97 Å². The summed E-state index contributed by atoms with van der Waals surface area (Å²) in [6, 6.07) is 0. The molecule has 2 heterocycles. The summed E-state index contributed by atoms with van der Waals surface area (Å²) in [5, 5.41) is 0. The van der Waals surface area contributed by atoms with Gasteiger partial charge < -0.3 is 9.88 Å². The van der Waals surface area contributed by atoms with Crippen molar-refractivity contribution in [1.82, 2.24) is 14.9 Å².